The van der Waals surface area contributed by atoms with E-state index in [0.29, 0.717) is 6.54 Å². The molecule has 1 aliphatic carbocycles. The summed E-state index contributed by atoms with van der Waals surface area (Å²) in [5.41, 5.74) is 2.16. The zero-order chi connectivity index (χ0) is 16.1. The van der Waals surface area contributed by atoms with E-state index in [1.807, 2.05) is 19.2 Å². The standard InChI is InChI=1S/C18H24N4O/c1-22-16(9-12-20-22)14-19-17(23)21-18(10-5-6-11-18)13-15-7-3-2-4-8-15/h2-4,7-9,12H,5-6,10-11,13-14H2,1H3,(H2,19,21,23). The first-order valence-electron chi connectivity index (χ1n) is 8.24. The molecule has 0 atom stereocenters. The zero-order valence-corrected chi connectivity index (χ0v) is 13.6. The van der Waals surface area contributed by atoms with Gasteiger partial charge in [0.1, 0.15) is 0 Å². The molecule has 0 spiro atoms. The van der Waals surface area contributed by atoms with Crippen LogP contribution in [-0.4, -0.2) is 21.4 Å². The van der Waals surface area contributed by atoms with Gasteiger partial charge in [-0.05, 0) is 30.9 Å². The second kappa shape index (κ2) is 6.86. The van der Waals surface area contributed by atoms with Crippen molar-refractivity contribution in [2.24, 2.45) is 7.05 Å². The quantitative estimate of drug-likeness (QED) is 0.892. The fraction of sp³-hybridized carbons (Fsp3) is 0.444. The number of nitrogens with one attached hydrogen (secondary N) is 2. The molecule has 1 aromatic heterocycles. The molecule has 0 unspecified atom stereocenters. The predicted molar refractivity (Wildman–Crippen MR) is 89.9 cm³/mol. The lowest BCUT2D eigenvalue weighted by atomic mass is 9.89. The molecule has 0 radical (unpaired) electrons. The van der Waals surface area contributed by atoms with E-state index in [0.717, 1.165) is 25.0 Å². The summed E-state index contributed by atoms with van der Waals surface area (Å²) in [5, 5.41) is 10.3. The van der Waals surface area contributed by atoms with Gasteiger partial charge in [0.15, 0.2) is 0 Å². The van der Waals surface area contributed by atoms with Crippen LogP contribution in [0.1, 0.15) is 36.9 Å². The third kappa shape index (κ3) is 3.92. The molecule has 23 heavy (non-hydrogen) atoms. The maximum Gasteiger partial charge on any atom is 0.315 e. The lowest BCUT2D eigenvalue weighted by Crippen LogP contribution is -2.51. The second-order valence-electron chi connectivity index (χ2n) is 6.40. The Morgan fingerprint density at radius 2 is 1.96 bits per heavy atom. The highest BCUT2D eigenvalue weighted by molar-refractivity contribution is 5.74. The molecule has 5 heteroatoms. The zero-order valence-electron chi connectivity index (χ0n) is 13.6. The van der Waals surface area contributed by atoms with Gasteiger partial charge in [0.2, 0.25) is 0 Å². The van der Waals surface area contributed by atoms with Crippen molar-refractivity contribution < 1.29 is 4.79 Å². The molecular formula is C18H24N4O. The molecule has 0 saturated heterocycles. The van der Waals surface area contributed by atoms with Crippen LogP contribution in [0.4, 0.5) is 4.79 Å². The van der Waals surface area contributed by atoms with Gasteiger partial charge in [-0.15, -0.1) is 0 Å². The van der Waals surface area contributed by atoms with Gasteiger partial charge < -0.3 is 10.6 Å². The van der Waals surface area contributed by atoms with Gasteiger partial charge in [0.05, 0.1) is 12.2 Å². The molecule has 2 amide bonds. The molecule has 1 fully saturated rings. The minimum absolute atomic E-state index is 0.0935. The summed E-state index contributed by atoms with van der Waals surface area (Å²) >= 11 is 0. The van der Waals surface area contributed by atoms with Gasteiger partial charge in [-0.2, -0.15) is 5.10 Å². The van der Waals surface area contributed by atoms with E-state index in [1.165, 1.54) is 18.4 Å². The largest absolute Gasteiger partial charge is 0.333 e. The van der Waals surface area contributed by atoms with E-state index in [2.05, 4.69) is 40.0 Å². The number of nitrogens with zero attached hydrogens (tertiary/aromatic N) is 2. The Kier molecular flexibility index (Phi) is 4.65. The molecule has 3 rings (SSSR count). The number of carbonyl (C=O) groups is 1. The summed E-state index contributed by atoms with van der Waals surface area (Å²) in [6.07, 6.45) is 7.07. The summed E-state index contributed by atoms with van der Waals surface area (Å²) in [6, 6.07) is 12.2. The third-order valence-corrected chi connectivity index (χ3v) is 4.68. The summed E-state index contributed by atoms with van der Waals surface area (Å²) in [6.45, 7) is 0.490. The Balaban J connectivity index is 1.60. The van der Waals surface area contributed by atoms with Crippen LogP contribution in [0.25, 0.3) is 0 Å². The van der Waals surface area contributed by atoms with Gasteiger partial charge >= 0.3 is 6.03 Å². The first kappa shape index (κ1) is 15.6. The number of aromatic nitrogens is 2. The van der Waals surface area contributed by atoms with E-state index in [-0.39, 0.29) is 11.6 Å². The first-order valence-corrected chi connectivity index (χ1v) is 8.24. The Hall–Kier alpha value is -2.30. The van der Waals surface area contributed by atoms with Gasteiger partial charge in [0.25, 0.3) is 0 Å². The number of amides is 2. The van der Waals surface area contributed by atoms with Gasteiger partial charge in [0, 0.05) is 18.8 Å². The maximum absolute atomic E-state index is 12.3. The smallest absolute Gasteiger partial charge is 0.315 e. The Labute approximate surface area is 137 Å². The van der Waals surface area contributed by atoms with Crippen molar-refractivity contribution in [1.82, 2.24) is 20.4 Å². The highest BCUT2D eigenvalue weighted by Crippen LogP contribution is 2.32. The summed E-state index contributed by atoms with van der Waals surface area (Å²) < 4.78 is 1.77. The number of hydrogen-bond acceptors (Lipinski definition) is 2. The molecule has 1 aliphatic rings. The lowest BCUT2D eigenvalue weighted by Gasteiger charge is -2.30. The number of aryl methyl sites for hydroxylation is 1. The molecule has 0 aliphatic heterocycles. The highest BCUT2D eigenvalue weighted by Gasteiger charge is 2.35. The van der Waals surface area contributed by atoms with Crippen molar-refractivity contribution in [2.75, 3.05) is 0 Å². The van der Waals surface area contributed by atoms with Gasteiger partial charge in [-0.3, -0.25) is 4.68 Å². The second-order valence-corrected chi connectivity index (χ2v) is 6.40. The average Bonchev–Trinajstić information content (AvgIpc) is 3.16. The Bertz CT molecular complexity index is 644. The highest BCUT2D eigenvalue weighted by atomic mass is 16.2. The van der Waals surface area contributed by atoms with Crippen molar-refractivity contribution in [3.05, 3.63) is 53.9 Å². The fourth-order valence-corrected chi connectivity index (χ4v) is 3.41. The topological polar surface area (TPSA) is 59.0 Å². The minimum Gasteiger partial charge on any atom is -0.333 e. The molecule has 1 heterocycles. The number of urea groups is 1. The molecule has 0 bridgehead atoms. The molecule has 1 aromatic carbocycles. The first-order chi connectivity index (χ1) is 11.2. The monoisotopic (exact) mass is 312 g/mol. The van der Waals surface area contributed by atoms with E-state index >= 15 is 0 Å². The molecular weight excluding hydrogens is 288 g/mol. The van der Waals surface area contributed by atoms with Crippen LogP contribution in [-0.2, 0) is 20.0 Å². The molecule has 5 nitrogen and oxygen atoms in total. The van der Waals surface area contributed by atoms with Crippen molar-refractivity contribution in [2.45, 2.75) is 44.2 Å². The van der Waals surface area contributed by atoms with Crippen LogP contribution < -0.4 is 10.6 Å². The van der Waals surface area contributed by atoms with Crippen LogP contribution in [0.2, 0.25) is 0 Å². The van der Waals surface area contributed by atoms with Crippen LogP contribution >= 0.6 is 0 Å². The maximum atomic E-state index is 12.3. The Morgan fingerprint density at radius 1 is 1.22 bits per heavy atom. The number of hydrogen-bond donors (Lipinski definition) is 2. The van der Waals surface area contributed by atoms with E-state index < -0.39 is 0 Å². The molecule has 122 valence electrons. The molecule has 2 aromatic rings. The van der Waals surface area contributed by atoms with Crippen LogP contribution in [0.5, 0.6) is 0 Å². The number of rotatable bonds is 5. The summed E-state index contributed by atoms with van der Waals surface area (Å²) in [7, 11) is 1.88. The van der Waals surface area contributed by atoms with Gasteiger partial charge in [-0.25, -0.2) is 4.79 Å². The molecule has 2 N–H and O–H groups in total. The lowest BCUT2D eigenvalue weighted by molar-refractivity contribution is 0.223. The third-order valence-electron chi connectivity index (χ3n) is 4.68. The van der Waals surface area contributed by atoms with Gasteiger partial charge in [-0.1, -0.05) is 43.2 Å². The normalized spacial score (nSPS) is 16.2. The predicted octanol–water partition coefficient (Wildman–Crippen LogP) is 2.77. The number of carbonyl (C=O) groups excluding carboxylic acids is 1. The summed E-state index contributed by atoms with van der Waals surface area (Å²) in [4.78, 5) is 12.3. The van der Waals surface area contributed by atoms with E-state index in [9.17, 15) is 4.79 Å². The van der Waals surface area contributed by atoms with Crippen molar-refractivity contribution >= 4 is 6.03 Å². The minimum atomic E-state index is -0.113. The fourth-order valence-electron chi connectivity index (χ4n) is 3.41. The number of benzene rings is 1. The Morgan fingerprint density at radius 3 is 2.61 bits per heavy atom. The van der Waals surface area contributed by atoms with Crippen LogP contribution in [0, 0.1) is 0 Å². The molecule has 1 saturated carbocycles. The summed E-state index contributed by atoms with van der Waals surface area (Å²) in [5.74, 6) is 0. The van der Waals surface area contributed by atoms with Crippen molar-refractivity contribution in [1.29, 1.82) is 0 Å². The van der Waals surface area contributed by atoms with Crippen LogP contribution in [0.3, 0.4) is 0 Å². The van der Waals surface area contributed by atoms with Crippen molar-refractivity contribution in [3.8, 4) is 0 Å². The van der Waals surface area contributed by atoms with Crippen molar-refractivity contribution in [3.63, 3.8) is 0 Å². The SMILES string of the molecule is Cn1nccc1CNC(=O)NC1(Cc2ccccc2)CCCC1. The van der Waals surface area contributed by atoms with E-state index in [1.54, 1.807) is 10.9 Å². The van der Waals surface area contributed by atoms with E-state index in [4.69, 9.17) is 0 Å². The van der Waals surface area contributed by atoms with Crippen LogP contribution in [0.15, 0.2) is 42.6 Å². The average molecular weight is 312 g/mol.